The predicted molar refractivity (Wildman–Crippen MR) is 147 cm³/mol. The molecule has 1 rings (SSSR count). The van der Waals surface area contributed by atoms with Gasteiger partial charge in [-0.1, -0.05) is 67.5 Å². The molecule has 2 unspecified atom stereocenters. The van der Waals surface area contributed by atoms with E-state index in [-0.39, 0.29) is 17.9 Å². The first kappa shape index (κ1) is 30.0. The minimum atomic E-state index is -0.954. The van der Waals surface area contributed by atoms with Crippen molar-refractivity contribution < 1.29 is 19.4 Å². The normalized spacial score (nSPS) is 20.7. The number of rotatable bonds is 16. The van der Waals surface area contributed by atoms with Gasteiger partial charge in [-0.25, -0.2) is 4.79 Å². The monoisotopic (exact) mass is 499 g/mol. The molecule has 35 heavy (non-hydrogen) atoms. The predicted octanol–water partition coefficient (Wildman–Crippen LogP) is 7.32. The zero-order chi connectivity index (χ0) is 26.1. The number of halogens is 1. The highest BCUT2D eigenvalue weighted by Gasteiger charge is 2.20. The Kier molecular flexibility index (Phi) is 14.9. The van der Waals surface area contributed by atoms with Gasteiger partial charge in [-0.3, -0.25) is 4.99 Å². The Morgan fingerprint density at radius 1 is 1.29 bits per heavy atom. The molecule has 0 spiro atoms. The summed E-state index contributed by atoms with van der Waals surface area (Å²) >= 11 is 5.67. The Morgan fingerprint density at radius 3 is 2.63 bits per heavy atom. The second kappa shape index (κ2) is 17.4. The maximum atomic E-state index is 11.5. The zero-order valence-corrected chi connectivity index (χ0v) is 21.7. The van der Waals surface area contributed by atoms with Crippen LogP contribution in [0.1, 0.15) is 40.0 Å². The Balaban J connectivity index is 2.65. The number of hydrogen-bond acceptors (Lipinski definition) is 4. The maximum absolute atomic E-state index is 11.5. The quantitative estimate of drug-likeness (QED) is 0.137. The van der Waals surface area contributed by atoms with Crippen LogP contribution in [0.2, 0.25) is 0 Å². The number of carboxylic acid groups (broad SMARTS) is 1. The van der Waals surface area contributed by atoms with Crippen molar-refractivity contribution in [3.63, 3.8) is 0 Å². The van der Waals surface area contributed by atoms with E-state index in [2.05, 4.69) is 18.2 Å². The van der Waals surface area contributed by atoms with Crippen LogP contribution in [-0.4, -0.2) is 36.0 Å². The SMILES string of the molecule is C=CC1C=C(OC/C=C/C[C@@H](C=C)/C=C/C(=C/C)C(=C\C)/OC(CCC)C(=O)O)C=N[C@H]1/C=C/Cl. The summed E-state index contributed by atoms with van der Waals surface area (Å²) in [7, 11) is 0. The van der Waals surface area contributed by atoms with Crippen molar-refractivity contribution in [3.05, 3.63) is 96.5 Å². The fourth-order valence-electron chi connectivity index (χ4n) is 3.35. The van der Waals surface area contributed by atoms with E-state index in [0.717, 1.165) is 18.4 Å². The molecule has 0 aromatic carbocycles. The summed E-state index contributed by atoms with van der Waals surface area (Å²) in [6.07, 6.45) is 22.0. The molecule has 0 saturated carbocycles. The average molecular weight is 500 g/mol. The molecule has 0 amide bonds. The second-order valence-corrected chi connectivity index (χ2v) is 8.13. The molecule has 0 fully saturated rings. The molecule has 0 radical (unpaired) electrons. The van der Waals surface area contributed by atoms with E-state index in [4.69, 9.17) is 21.1 Å². The fraction of sp³-hybridized carbons (Fsp3) is 0.379. The van der Waals surface area contributed by atoms with Crippen LogP contribution in [0, 0.1) is 11.8 Å². The summed E-state index contributed by atoms with van der Waals surface area (Å²) in [4.78, 5) is 15.9. The minimum Gasteiger partial charge on any atom is -0.488 e. The molecular weight excluding hydrogens is 462 g/mol. The summed E-state index contributed by atoms with van der Waals surface area (Å²) in [6.45, 7) is 13.9. The van der Waals surface area contributed by atoms with Crippen molar-refractivity contribution in [2.75, 3.05) is 6.61 Å². The molecule has 6 heteroatoms. The fourth-order valence-corrected chi connectivity index (χ4v) is 3.50. The highest BCUT2D eigenvalue weighted by Crippen LogP contribution is 2.21. The molecular formula is C29H38ClNO4. The van der Waals surface area contributed by atoms with E-state index in [1.165, 1.54) is 5.54 Å². The topological polar surface area (TPSA) is 68.1 Å². The van der Waals surface area contributed by atoms with Crippen LogP contribution in [-0.2, 0) is 14.3 Å². The third kappa shape index (κ3) is 10.8. The van der Waals surface area contributed by atoms with Crippen LogP contribution < -0.4 is 0 Å². The van der Waals surface area contributed by atoms with Gasteiger partial charge < -0.3 is 14.6 Å². The average Bonchev–Trinajstić information content (AvgIpc) is 2.86. The van der Waals surface area contributed by atoms with Gasteiger partial charge in [-0.05, 0) is 50.8 Å². The number of ether oxygens (including phenoxy) is 2. The number of dihydropyridines is 1. The van der Waals surface area contributed by atoms with Crippen molar-refractivity contribution in [3.8, 4) is 0 Å². The molecule has 1 aliphatic heterocycles. The Morgan fingerprint density at radius 2 is 2.06 bits per heavy atom. The van der Waals surface area contributed by atoms with Crippen molar-refractivity contribution in [1.82, 2.24) is 0 Å². The molecule has 190 valence electrons. The van der Waals surface area contributed by atoms with E-state index in [0.29, 0.717) is 24.5 Å². The second-order valence-electron chi connectivity index (χ2n) is 7.88. The molecule has 4 atom stereocenters. The van der Waals surface area contributed by atoms with E-state index in [1.807, 2.05) is 75.5 Å². The summed E-state index contributed by atoms with van der Waals surface area (Å²) in [5, 5.41) is 9.40. The van der Waals surface area contributed by atoms with Gasteiger partial charge in [0.15, 0.2) is 6.10 Å². The Labute approximate surface area is 215 Å². The van der Waals surface area contributed by atoms with E-state index >= 15 is 0 Å². The lowest BCUT2D eigenvalue weighted by Crippen LogP contribution is -2.23. The lowest BCUT2D eigenvalue weighted by atomic mass is 9.97. The molecule has 0 bridgehead atoms. The lowest BCUT2D eigenvalue weighted by Gasteiger charge is -2.19. The molecule has 1 aliphatic rings. The van der Waals surface area contributed by atoms with Crippen molar-refractivity contribution in [1.29, 1.82) is 0 Å². The van der Waals surface area contributed by atoms with Crippen LogP contribution in [0.4, 0.5) is 0 Å². The number of aliphatic carboxylic acids is 1. The van der Waals surface area contributed by atoms with Crippen LogP contribution in [0.3, 0.4) is 0 Å². The molecule has 0 aromatic heterocycles. The molecule has 0 aromatic rings. The summed E-state index contributed by atoms with van der Waals surface area (Å²) in [5.74, 6) is 0.459. The van der Waals surface area contributed by atoms with Crippen molar-refractivity contribution in [2.24, 2.45) is 16.8 Å². The van der Waals surface area contributed by atoms with E-state index in [9.17, 15) is 9.90 Å². The summed E-state index contributed by atoms with van der Waals surface area (Å²) in [6, 6.07) is -0.0507. The van der Waals surface area contributed by atoms with Crippen LogP contribution >= 0.6 is 11.6 Å². The van der Waals surface area contributed by atoms with Gasteiger partial charge in [0.05, 0.1) is 12.3 Å². The number of aliphatic imine (C=N–C) groups is 1. The number of carbonyl (C=O) groups is 1. The first-order valence-corrected chi connectivity index (χ1v) is 12.3. The third-order valence-corrected chi connectivity index (χ3v) is 5.51. The number of nitrogens with zero attached hydrogens (tertiary/aromatic N) is 1. The van der Waals surface area contributed by atoms with Gasteiger partial charge in [0.25, 0.3) is 0 Å². The zero-order valence-electron chi connectivity index (χ0n) is 21.0. The van der Waals surface area contributed by atoms with Crippen LogP contribution in [0.25, 0.3) is 0 Å². The van der Waals surface area contributed by atoms with Gasteiger partial charge in [0.1, 0.15) is 18.1 Å². The van der Waals surface area contributed by atoms with Crippen molar-refractivity contribution >= 4 is 23.8 Å². The third-order valence-electron chi connectivity index (χ3n) is 5.37. The number of carboxylic acids is 1. The summed E-state index contributed by atoms with van der Waals surface area (Å²) in [5.41, 5.74) is 2.30. The van der Waals surface area contributed by atoms with Crippen molar-refractivity contribution in [2.45, 2.75) is 52.2 Å². The number of hydrogen-bond donors (Lipinski definition) is 1. The van der Waals surface area contributed by atoms with Gasteiger partial charge in [0.2, 0.25) is 0 Å². The molecule has 0 saturated heterocycles. The minimum absolute atomic E-state index is 0.0453. The molecule has 5 nitrogen and oxygen atoms in total. The highest BCUT2D eigenvalue weighted by molar-refractivity contribution is 6.25. The standard InChI is InChI=1S/C29H38ClNO4/c1-6-13-28(29(32)33)35-27(10-5)23(8-3)16-15-22(7-2)14-11-12-19-34-25-20-24(9-4)26(17-18-30)31-21-25/h7-12,15-18,20-22,24,26,28H,2,4,6,13-14,19H2,1,3,5H3,(H,32,33)/b12-11+,16-15+,18-17+,23-8-,27-10+/t22-,24?,26+,28?/m1/s1. The first-order valence-electron chi connectivity index (χ1n) is 11.9. The summed E-state index contributed by atoms with van der Waals surface area (Å²) < 4.78 is 11.6. The van der Waals surface area contributed by atoms with Crippen LogP contribution in [0.5, 0.6) is 0 Å². The van der Waals surface area contributed by atoms with Gasteiger partial charge in [-0.15, -0.1) is 13.2 Å². The Hall–Kier alpha value is -3.05. The first-order chi connectivity index (χ1) is 16.9. The van der Waals surface area contributed by atoms with E-state index in [1.54, 1.807) is 12.3 Å². The lowest BCUT2D eigenvalue weighted by molar-refractivity contribution is -0.148. The van der Waals surface area contributed by atoms with Gasteiger partial charge in [0, 0.05) is 17.0 Å². The smallest absolute Gasteiger partial charge is 0.344 e. The number of allylic oxidation sites excluding steroid dienone is 7. The van der Waals surface area contributed by atoms with E-state index < -0.39 is 12.1 Å². The van der Waals surface area contributed by atoms with Crippen LogP contribution in [0.15, 0.2) is 102 Å². The maximum Gasteiger partial charge on any atom is 0.344 e. The Bertz CT molecular complexity index is 908. The van der Waals surface area contributed by atoms with Gasteiger partial charge in [-0.2, -0.15) is 0 Å². The molecule has 1 heterocycles. The molecule has 0 aliphatic carbocycles. The highest BCUT2D eigenvalue weighted by atomic mass is 35.5. The van der Waals surface area contributed by atoms with Gasteiger partial charge >= 0.3 is 5.97 Å². The molecule has 1 N–H and O–H groups in total. The largest absolute Gasteiger partial charge is 0.488 e.